The Morgan fingerprint density at radius 1 is 1.29 bits per heavy atom. The van der Waals surface area contributed by atoms with Gasteiger partial charge in [-0.2, -0.15) is 0 Å². The van der Waals surface area contributed by atoms with Gasteiger partial charge in [0, 0.05) is 6.54 Å². The normalized spacial score (nSPS) is 12.8. The van der Waals surface area contributed by atoms with Gasteiger partial charge in [0.25, 0.3) is 0 Å². The summed E-state index contributed by atoms with van der Waals surface area (Å²) in [4.78, 5) is 0. The maximum Gasteiger partial charge on any atom is 0.122 e. The summed E-state index contributed by atoms with van der Waals surface area (Å²) in [7, 11) is 0. The van der Waals surface area contributed by atoms with Crippen molar-refractivity contribution in [2.45, 2.75) is 52.6 Å². The van der Waals surface area contributed by atoms with Crippen molar-refractivity contribution in [1.82, 2.24) is 0 Å². The first-order valence-electron chi connectivity index (χ1n) is 6.55. The van der Waals surface area contributed by atoms with E-state index in [2.05, 4.69) is 45.9 Å². The van der Waals surface area contributed by atoms with E-state index in [0.717, 1.165) is 18.6 Å². The minimum atomic E-state index is 0.140. The van der Waals surface area contributed by atoms with Crippen molar-refractivity contribution in [3.05, 3.63) is 29.3 Å². The van der Waals surface area contributed by atoms with E-state index in [1.165, 1.54) is 11.1 Å². The molecule has 0 saturated carbocycles. The van der Waals surface area contributed by atoms with E-state index >= 15 is 0 Å². The Bertz CT molecular complexity index is 347. The molecule has 1 aromatic rings. The highest BCUT2D eigenvalue weighted by molar-refractivity contribution is 5.37. The highest BCUT2D eigenvalue weighted by atomic mass is 16.5. The summed E-state index contributed by atoms with van der Waals surface area (Å²) in [5.74, 6) is 1.51. The molecule has 0 aliphatic carbocycles. The van der Waals surface area contributed by atoms with E-state index in [0.29, 0.717) is 12.5 Å². The van der Waals surface area contributed by atoms with Crippen LogP contribution in [-0.4, -0.2) is 12.6 Å². The number of rotatable bonds is 6. The molecule has 1 rings (SSSR count). The molecule has 2 nitrogen and oxygen atoms in total. The van der Waals surface area contributed by atoms with Gasteiger partial charge in [-0.15, -0.1) is 0 Å². The third-order valence-electron chi connectivity index (χ3n) is 3.05. The second-order valence-electron chi connectivity index (χ2n) is 4.94. The van der Waals surface area contributed by atoms with Gasteiger partial charge in [-0.25, -0.2) is 0 Å². The monoisotopic (exact) mass is 235 g/mol. The first kappa shape index (κ1) is 14.0. The summed E-state index contributed by atoms with van der Waals surface area (Å²) in [6.07, 6.45) is 2.26. The Morgan fingerprint density at radius 3 is 2.53 bits per heavy atom. The molecule has 0 aliphatic rings. The lowest BCUT2D eigenvalue weighted by atomic mass is 10.0. The molecule has 0 aromatic heterocycles. The van der Waals surface area contributed by atoms with Crippen LogP contribution < -0.4 is 10.5 Å². The Kier molecular flexibility index (Phi) is 5.49. The lowest BCUT2D eigenvalue weighted by Crippen LogP contribution is -2.26. The highest BCUT2D eigenvalue weighted by Gasteiger charge is 2.10. The van der Waals surface area contributed by atoms with Gasteiger partial charge in [-0.05, 0) is 36.5 Å². The first-order valence-corrected chi connectivity index (χ1v) is 6.55. The molecule has 0 bridgehead atoms. The number of hydrogen-bond acceptors (Lipinski definition) is 2. The van der Waals surface area contributed by atoms with E-state index in [9.17, 15) is 0 Å². The molecule has 0 heterocycles. The average molecular weight is 235 g/mol. The van der Waals surface area contributed by atoms with Crippen LogP contribution in [0.2, 0.25) is 0 Å². The second kappa shape index (κ2) is 6.65. The van der Waals surface area contributed by atoms with Crippen LogP contribution in [0.15, 0.2) is 18.2 Å². The molecule has 96 valence electrons. The number of aryl methyl sites for hydroxylation is 1. The number of nitrogens with two attached hydrogens (primary N) is 1. The summed E-state index contributed by atoms with van der Waals surface area (Å²) in [6.45, 7) is 9.21. The van der Waals surface area contributed by atoms with Crippen LogP contribution in [0.4, 0.5) is 0 Å². The molecule has 1 unspecified atom stereocenters. The van der Waals surface area contributed by atoms with Gasteiger partial charge in [0.05, 0.1) is 0 Å². The zero-order valence-corrected chi connectivity index (χ0v) is 11.5. The van der Waals surface area contributed by atoms with Crippen LogP contribution in [0.1, 0.15) is 50.7 Å². The van der Waals surface area contributed by atoms with Crippen LogP contribution in [-0.2, 0) is 0 Å². The van der Waals surface area contributed by atoms with Gasteiger partial charge in [0.15, 0.2) is 0 Å². The molecule has 0 aliphatic heterocycles. The molecule has 1 atom stereocenters. The summed E-state index contributed by atoms with van der Waals surface area (Å²) in [6, 6.07) is 6.45. The number of ether oxygens (including phenoxy) is 1. The molecule has 0 spiro atoms. The maximum absolute atomic E-state index is 6.00. The smallest absolute Gasteiger partial charge is 0.122 e. The second-order valence-corrected chi connectivity index (χ2v) is 4.94. The quantitative estimate of drug-likeness (QED) is 0.817. The number of hydrogen-bond donors (Lipinski definition) is 1. The summed E-state index contributed by atoms with van der Waals surface area (Å²) >= 11 is 0. The average Bonchev–Trinajstić information content (AvgIpc) is 2.30. The van der Waals surface area contributed by atoms with E-state index < -0.39 is 0 Å². The number of benzene rings is 1. The Hall–Kier alpha value is -1.02. The molecular weight excluding hydrogens is 210 g/mol. The van der Waals surface area contributed by atoms with Crippen LogP contribution in [0.5, 0.6) is 5.75 Å². The van der Waals surface area contributed by atoms with Gasteiger partial charge in [-0.1, -0.05) is 39.3 Å². The predicted molar refractivity (Wildman–Crippen MR) is 73.6 cm³/mol. The van der Waals surface area contributed by atoms with Crippen molar-refractivity contribution in [3.8, 4) is 5.75 Å². The van der Waals surface area contributed by atoms with Gasteiger partial charge in [-0.3, -0.25) is 0 Å². The van der Waals surface area contributed by atoms with Crippen molar-refractivity contribution in [2.75, 3.05) is 6.54 Å². The molecule has 1 aromatic carbocycles. The Labute approximate surface area is 105 Å². The van der Waals surface area contributed by atoms with Crippen molar-refractivity contribution in [3.63, 3.8) is 0 Å². The van der Waals surface area contributed by atoms with Gasteiger partial charge in [0.2, 0.25) is 0 Å². The fourth-order valence-electron chi connectivity index (χ4n) is 1.83. The predicted octanol–water partition coefficient (Wildman–Crippen LogP) is 3.62. The van der Waals surface area contributed by atoms with Gasteiger partial charge in [0.1, 0.15) is 11.9 Å². The fraction of sp³-hybridized carbons (Fsp3) is 0.600. The molecule has 0 fully saturated rings. The lowest BCUT2D eigenvalue weighted by molar-refractivity contribution is 0.196. The largest absolute Gasteiger partial charge is 0.489 e. The summed E-state index contributed by atoms with van der Waals surface area (Å²) < 4.78 is 6.00. The van der Waals surface area contributed by atoms with E-state index in [1.807, 2.05) is 0 Å². The standard InChI is InChI=1S/C15H25NO/c1-5-6-14(10-16)17-15-9-13(11(2)3)8-7-12(15)4/h7-9,11,14H,5-6,10,16H2,1-4H3. The Balaban J connectivity index is 2.84. The molecule has 0 amide bonds. The summed E-state index contributed by atoms with van der Waals surface area (Å²) in [5.41, 5.74) is 8.23. The SMILES string of the molecule is CCCC(CN)Oc1cc(C(C)C)ccc1C. The van der Waals surface area contributed by atoms with Crippen LogP contribution in [0.3, 0.4) is 0 Å². The molecule has 0 saturated heterocycles. The van der Waals surface area contributed by atoms with Crippen LogP contribution >= 0.6 is 0 Å². The lowest BCUT2D eigenvalue weighted by Gasteiger charge is -2.19. The zero-order chi connectivity index (χ0) is 12.8. The summed E-state index contributed by atoms with van der Waals surface area (Å²) in [5, 5.41) is 0. The maximum atomic E-state index is 6.00. The molecule has 0 radical (unpaired) electrons. The van der Waals surface area contributed by atoms with Crippen LogP contribution in [0, 0.1) is 6.92 Å². The highest BCUT2D eigenvalue weighted by Crippen LogP contribution is 2.25. The minimum absolute atomic E-state index is 0.140. The van der Waals surface area contributed by atoms with Crippen molar-refractivity contribution in [1.29, 1.82) is 0 Å². The van der Waals surface area contributed by atoms with E-state index in [4.69, 9.17) is 10.5 Å². The van der Waals surface area contributed by atoms with Crippen molar-refractivity contribution >= 4 is 0 Å². The zero-order valence-electron chi connectivity index (χ0n) is 11.5. The first-order chi connectivity index (χ1) is 8.08. The molecular formula is C15H25NO. The van der Waals surface area contributed by atoms with Crippen molar-refractivity contribution < 1.29 is 4.74 Å². The van der Waals surface area contributed by atoms with Crippen LogP contribution in [0.25, 0.3) is 0 Å². The topological polar surface area (TPSA) is 35.2 Å². The van der Waals surface area contributed by atoms with Crippen molar-refractivity contribution in [2.24, 2.45) is 5.73 Å². The van der Waals surface area contributed by atoms with Gasteiger partial charge < -0.3 is 10.5 Å². The molecule has 2 N–H and O–H groups in total. The minimum Gasteiger partial charge on any atom is -0.489 e. The third-order valence-corrected chi connectivity index (χ3v) is 3.05. The Morgan fingerprint density at radius 2 is 2.00 bits per heavy atom. The third kappa shape index (κ3) is 4.04. The molecule has 17 heavy (non-hydrogen) atoms. The van der Waals surface area contributed by atoms with E-state index in [-0.39, 0.29) is 6.10 Å². The fourth-order valence-corrected chi connectivity index (χ4v) is 1.83. The molecule has 2 heteroatoms. The van der Waals surface area contributed by atoms with E-state index in [1.54, 1.807) is 0 Å². The van der Waals surface area contributed by atoms with Gasteiger partial charge >= 0.3 is 0 Å².